The van der Waals surface area contributed by atoms with Crippen LogP contribution in [0.25, 0.3) is 0 Å². The molecule has 3 nitrogen and oxygen atoms in total. The predicted molar refractivity (Wildman–Crippen MR) is 54.0 cm³/mol. The summed E-state index contributed by atoms with van der Waals surface area (Å²) in [4.78, 5) is 0. The first kappa shape index (κ1) is 9.74. The number of furan rings is 1. The number of nitrogens with one attached hydrogen (secondary N) is 1. The highest BCUT2D eigenvalue weighted by molar-refractivity contribution is 5.05. The summed E-state index contributed by atoms with van der Waals surface area (Å²) in [6, 6.07) is 2.50. The second kappa shape index (κ2) is 4.62. The standard InChI is InChI=1S/C11H17NO2/c1-13-11-4-2-3-10(11)12-7-9-5-6-14-8-9/h5-6,8,10-12H,2-4,7H2,1H3. The smallest absolute Gasteiger partial charge is 0.0947 e. The highest BCUT2D eigenvalue weighted by atomic mass is 16.5. The van der Waals surface area contributed by atoms with Gasteiger partial charge in [-0.15, -0.1) is 0 Å². The largest absolute Gasteiger partial charge is 0.472 e. The average Bonchev–Trinajstić information content (AvgIpc) is 2.85. The number of rotatable bonds is 4. The van der Waals surface area contributed by atoms with Crippen molar-refractivity contribution in [3.8, 4) is 0 Å². The van der Waals surface area contributed by atoms with Crippen molar-refractivity contribution in [2.45, 2.75) is 38.0 Å². The third-order valence-electron chi connectivity index (χ3n) is 2.90. The Morgan fingerprint density at radius 3 is 3.21 bits per heavy atom. The maximum atomic E-state index is 5.41. The SMILES string of the molecule is COC1CCCC1NCc1ccoc1. The molecule has 1 heterocycles. The van der Waals surface area contributed by atoms with Crippen LogP contribution in [-0.2, 0) is 11.3 Å². The summed E-state index contributed by atoms with van der Waals surface area (Å²) in [5.41, 5.74) is 1.20. The Hall–Kier alpha value is -0.800. The number of hydrogen-bond acceptors (Lipinski definition) is 3. The molecule has 2 unspecified atom stereocenters. The Morgan fingerprint density at radius 2 is 2.50 bits per heavy atom. The Balaban J connectivity index is 1.80. The van der Waals surface area contributed by atoms with E-state index in [0.717, 1.165) is 6.54 Å². The van der Waals surface area contributed by atoms with Gasteiger partial charge in [-0.05, 0) is 25.3 Å². The summed E-state index contributed by atoms with van der Waals surface area (Å²) < 4.78 is 10.4. The minimum atomic E-state index is 0.391. The van der Waals surface area contributed by atoms with Crippen LogP contribution in [-0.4, -0.2) is 19.3 Å². The van der Waals surface area contributed by atoms with Gasteiger partial charge >= 0.3 is 0 Å². The molecule has 0 amide bonds. The molecule has 1 aliphatic rings. The van der Waals surface area contributed by atoms with Crippen molar-refractivity contribution in [2.24, 2.45) is 0 Å². The summed E-state index contributed by atoms with van der Waals surface area (Å²) in [5, 5.41) is 3.50. The van der Waals surface area contributed by atoms with Crippen molar-refractivity contribution in [1.82, 2.24) is 5.32 Å². The monoisotopic (exact) mass is 195 g/mol. The van der Waals surface area contributed by atoms with Crippen LogP contribution in [0.3, 0.4) is 0 Å². The molecule has 2 rings (SSSR count). The van der Waals surface area contributed by atoms with Crippen LogP contribution in [0.15, 0.2) is 23.0 Å². The lowest BCUT2D eigenvalue weighted by Crippen LogP contribution is -2.36. The molecule has 1 fully saturated rings. The Bertz CT molecular complexity index is 258. The highest BCUT2D eigenvalue weighted by Crippen LogP contribution is 2.21. The first-order valence-corrected chi connectivity index (χ1v) is 5.17. The molecule has 0 aliphatic heterocycles. The molecular weight excluding hydrogens is 178 g/mol. The van der Waals surface area contributed by atoms with E-state index in [1.54, 1.807) is 19.6 Å². The quantitative estimate of drug-likeness (QED) is 0.797. The van der Waals surface area contributed by atoms with Crippen molar-refractivity contribution < 1.29 is 9.15 Å². The van der Waals surface area contributed by atoms with Gasteiger partial charge in [-0.25, -0.2) is 0 Å². The van der Waals surface area contributed by atoms with Gasteiger partial charge in [0.2, 0.25) is 0 Å². The molecule has 0 radical (unpaired) electrons. The van der Waals surface area contributed by atoms with Gasteiger partial charge in [-0.1, -0.05) is 0 Å². The van der Waals surface area contributed by atoms with Crippen LogP contribution in [0, 0.1) is 0 Å². The number of methoxy groups -OCH3 is 1. The maximum Gasteiger partial charge on any atom is 0.0947 e. The third kappa shape index (κ3) is 2.16. The average molecular weight is 195 g/mol. The Labute approximate surface area is 84.4 Å². The summed E-state index contributed by atoms with van der Waals surface area (Å²) >= 11 is 0. The summed E-state index contributed by atoms with van der Waals surface area (Å²) in [6.07, 6.45) is 7.54. The molecule has 1 N–H and O–H groups in total. The van der Waals surface area contributed by atoms with E-state index in [4.69, 9.17) is 9.15 Å². The molecule has 1 aromatic rings. The van der Waals surface area contributed by atoms with E-state index in [0.29, 0.717) is 12.1 Å². The fourth-order valence-electron chi connectivity index (χ4n) is 2.08. The zero-order chi connectivity index (χ0) is 9.80. The van der Waals surface area contributed by atoms with E-state index >= 15 is 0 Å². The first-order valence-electron chi connectivity index (χ1n) is 5.17. The van der Waals surface area contributed by atoms with E-state index < -0.39 is 0 Å². The van der Waals surface area contributed by atoms with Gasteiger partial charge in [0.1, 0.15) is 0 Å². The molecule has 1 aliphatic carbocycles. The Kier molecular flexibility index (Phi) is 3.22. The van der Waals surface area contributed by atoms with Gasteiger partial charge in [-0.2, -0.15) is 0 Å². The lowest BCUT2D eigenvalue weighted by Gasteiger charge is -2.19. The molecule has 14 heavy (non-hydrogen) atoms. The van der Waals surface area contributed by atoms with Gasteiger partial charge in [0.15, 0.2) is 0 Å². The molecule has 0 bridgehead atoms. The van der Waals surface area contributed by atoms with E-state index in [-0.39, 0.29) is 0 Å². The second-order valence-corrected chi connectivity index (χ2v) is 3.82. The summed E-state index contributed by atoms with van der Waals surface area (Å²) in [5.74, 6) is 0. The number of hydrogen-bond donors (Lipinski definition) is 1. The van der Waals surface area contributed by atoms with Gasteiger partial charge in [0.05, 0.1) is 18.6 Å². The molecule has 3 heteroatoms. The minimum Gasteiger partial charge on any atom is -0.472 e. The van der Waals surface area contributed by atoms with Crippen molar-refractivity contribution in [3.63, 3.8) is 0 Å². The van der Waals surface area contributed by atoms with Crippen LogP contribution in [0.1, 0.15) is 24.8 Å². The minimum absolute atomic E-state index is 0.391. The summed E-state index contributed by atoms with van der Waals surface area (Å²) in [7, 11) is 1.79. The van der Waals surface area contributed by atoms with E-state index in [1.807, 2.05) is 6.07 Å². The van der Waals surface area contributed by atoms with Gasteiger partial charge < -0.3 is 14.5 Å². The highest BCUT2D eigenvalue weighted by Gasteiger charge is 2.26. The number of ether oxygens (including phenoxy) is 1. The van der Waals surface area contributed by atoms with Crippen LogP contribution in [0.2, 0.25) is 0 Å². The first-order chi connectivity index (χ1) is 6.90. The predicted octanol–water partition coefficient (Wildman–Crippen LogP) is 1.94. The lowest BCUT2D eigenvalue weighted by atomic mass is 10.2. The Morgan fingerprint density at radius 1 is 1.57 bits per heavy atom. The normalized spacial score (nSPS) is 26.9. The summed E-state index contributed by atoms with van der Waals surface area (Å²) in [6.45, 7) is 0.876. The van der Waals surface area contributed by atoms with Crippen molar-refractivity contribution >= 4 is 0 Å². The molecule has 2 atom stereocenters. The molecule has 0 aromatic carbocycles. The van der Waals surface area contributed by atoms with Crippen LogP contribution < -0.4 is 5.32 Å². The van der Waals surface area contributed by atoms with Crippen LogP contribution >= 0.6 is 0 Å². The van der Waals surface area contributed by atoms with Crippen LogP contribution in [0.5, 0.6) is 0 Å². The topological polar surface area (TPSA) is 34.4 Å². The van der Waals surface area contributed by atoms with Crippen molar-refractivity contribution in [2.75, 3.05) is 7.11 Å². The fourth-order valence-corrected chi connectivity index (χ4v) is 2.08. The second-order valence-electron chi connectivity index (χ2n) is 3.82. The fraction of sp³-hybridized carbons (Fsp3) is 0.636. The third-order valence-corrected chi connectivity index (χ3v) is 2.90. The molecule has 1 saturated carbocycles. The zero-order valence-electron chi connectivity index (χ0n) is 8.53. The molecule has 0 spiro atoms. The van der Waals surface area contributed by atoms with E-state index in [2.05, 4.69) is 5.32 Å². The lowest BCUT2D eigenvalue weighted by molar-refractivity contribution is 0.0847. The van der Waals surface area contributed by atoms with Crippen LogP contribution in [0.4, 0.5) is 0 Å². The van der Waals surface area contributed by atoms with Crippen molar-refractivity contribution in [3.05, 3.63) is 24.2 Å². The zero-order valence-corrected chi connectivity index (χ0v) is 8.53. The van der Waals surface area contributed by atoms with Gasteiger partial charge in [-0.3, -0.25) is 0 Å². The molecular formula is C11H17NO2. The molecule has 78 valence electrons. The van der Waals surface area contributed by atoms with Crippen molar-refractivity contribution in [1.29, 1.82) is 0 Å². The molecule has 0 saturated heterocycles. The van der Waals surface area contributed by atoms with E-state index in [9.17, 15) is 0 Å². The van der Waals surface area contributed by atoms with Gasteiger partial charge in [0, 0.05) is 25.3 Å². The maximum absolute atomic E-state index is 5.41. The van der Waals surface area contributed by atoms with Gasteiger partial charge in [0.25, 0.3) is 0 Å². The van der Waals surface area contributed by atoms with E-state index in [1.165, 1.54) is 24.8 Å². The molecule has 1 aromatic heterocycles.